The van der Waals surface area contributed by atoms with E-state index in [4.69, 9.17) is 4.74 Å². The average Bonchev–Trinajstić information content (AvgIpc) is 1.84. The van der Waals surface area contributed by atoms with Crippen molar-refractivity contribution in [3.05, 3.63) is 11.6 Å². The molecule has 0 rings (SSSR count). The molecule has 0 heterocycles. The molecule has 0 aliphatic carbocycles. The minimum absolute atomic E-state index is 0.226. The van der Waals surface area contributed by atoms with Gasteiger partial charge in [-0.25, -0.2) is 4.79 Å². The van der Waals surface area contributed by atoms with Gasteiger partial charge in [-0.15, -0.1) is 0 Å². The van der Waals surface area contributed by atoms with E-state index < -0.39 is 0 Å². The van der Waals surface area contributed by atoms with E-state index in [1.54, 1.807) is 6.08 Å². The van der Waals surface area contributed by atoms with E-state index in [1.165, 1.54) is 0 Å². The zero-order chi connectivity index (χ0) is 9.56. The number of carbonyl (C=O) groups excluding carboxylic acids is 1. The lowest BCUT2D eigenvalue weighted by Gasteiger charge is -2.03. The quantitative estimate of drug-likeness (QED) is 0.478. The van der Waals surface area contributed by atoms with Crippen molar-refractivity contribution < 1.29 is 9.53 Å². The summed E-state index contributed by atoms with van der Waals surface area (Å²) in [4.78, 5) is 10.9. The smallest absolute Gasteiger partial charge is 0.330 e. The molecule has 0 bridgehead atoms. The maximum absolute atomic E-state index is 10.9. The van der Waals surface area contributed by atoms with Crippen LogP contribution >= 0.6 is 0 Å². The number of allylic oxidation sites excluding steroid dienone is 1. The Morgan fingerprint density at radius 3 is 2.50 bits per heavy atom. The number of hydrogen-bond acceptors (Lipinski definition) is 2. The molecule has 0 aromatic carbocycles. The maximum Gasteiger partial charge on any atom is 0.330 e. The van der Waals surface area contributed by atoms with Gasteiger partial charge in [0, 0.05) is 6.08 Å². The van der Waals surface area contributed by atoms with Crippen molar-refractivity contribution in [2.75, 3.05) is 6.61 Å². The highest BCUT2D eigenvalue weighted by atomic mass is 16.5. The van der Waals surface area contributed by atoms with Crippen LogP contribution in [0.3, 0.4) is 0 Å². The third-order valence-corrected chi connectivity index (χ3v) is 1.38. The van der Waals surface area contributed by atoms with E-state index in [1.807, 2.05) is 13.8 Å². The molecule has 2 nitrogen and oxygen atoms in total. The van der Waals surface area contributed by atoms with E-state index >= 15 is 0 Å². The molecule has 0 amide bonds. The minimum atomic E-state index is -0.226. The Morgan fingerprint density at radius 2 is 2.08 bits per heavy atom. The van der Waals surface area contributed by atoms with Crippen LogP contribution in [0.1, 0.15) is 34.1 Å². The van der Waals surface area contributed by atoms with Gasteiger partial charge in [-0.3, -0.25) is 0 Å². The molecule has 0 radical (unpaired) electrons. The van der Waals surface area contributed by atoms with Crippen LogP contribution in [-0.2, 0) is 9.53 Å². The van der Waals surface area contributed by atoms with Crippen LogP contribution in [0, 0.1) is 5.92 Å². The lowest BCUT2D eigenvalue weighted by Crippen LogP contribution is -2.01. The summed E-state index contributed by atoms with van der Waals surface area (Å²) < 4.78 is 4.78. The second kappa shape index (κ2) is 5.81. The number of ether oxygens (including phenoxy) is 1. The molecule has 0 N–H and O–H groups in total. The van der Waals surface area contributed by atoms with Crippen LogP contribution in [0.4, 0.5) is 0 Å². The molecule has 70 valence electrons. The average molecular weight is 170 g/mol. The van der Waals surface area contributed by atoms with Crippen LogP contribution in [0.5, 0.6) is 0 Å². The highest BCUT2D eigenvalue weighted by Gasteiger charge is 1.99. The summed E-state index contributed by atoms with van der Waals surface area (Å²) in [6.45, 7) is 8.47. The monoisotopic (exact) mass is 170 g/mol. The highest BCUT2D eigenvalue weighted by molar-refractivity contribution is 5.82. The van der Waals surface area contributed by atoms with Crippen LogP contribution in [0.2, 0.25) is 0 Å². The van der Waals surface area contributed by atoms with Crippen molar-refractivity contribution in [2.24, 2.45) is 5.92 Å². The van der Waals surface area contributed by atoms with Crippen LogP contribution in [-0.4, -0.2) is 12.6 Å². The van der Waals surface area contributed by atoms with E-state index in [2.05, 4.69) is 13.8 Å². The molecule has 0 aliphatic rings. The van der Waals surface area contributed by atoms with Gasteiger partial charge in [-0.05, 0) is 26.2 Å². The largest absolute Gasteiger partial charge is 0.463 e. The zero-order valence-corrected chi connectivity index (χ0v) is 8.39. The van der Waals surface area contributed by atoms with Gasteiger partial charge in [0.2, 0.25) is 0 Å². The van der Waals surface area contributed by atoms with Gasteiger partial charge in [0.25, 0.3) is 0 Å². The third-order valence-electron chi connectivity index (χ3n) is 1.38. The van der Waals surface area contributed by atoms with E-state index in [0.29, 0.717) is 12.5 Å². The van der Waals surface area contributed by atoms with Crippen molar-refractivity contribution in [3.63, 3.8) is 0 Å². The van der Waals surface area contributed by atoms with Crippen LogP contribution in [0.25, 0.3) is 0 Å². The maximum atomic E-state index is 10.9. The predicted octanol–water partition coefficient (Wildman–Crippen LogP) is 2.54. The summed E-state index contributed by atoms with van der Waals surface area (Å²) in [5.74, 6) is 0.367. The molecule has 0 atom stereocenters. The lowest BCUT2D eigenvalue weighted by atomic mass is 10.0. The molecule has 12 heavy (non-hydrogen) atoms. The Morgan fingerprint density at radius 1 is 1.50 bits per heavy atom. The molecule has 0 fully saturated rings. The van der Waals surface area contributed by atoms with Crippen molar-refractivity contribution in [2.45, 2.75) is 34.1 Å². The van der Waals surface area contributed by atoms with Crippen LogP contribution in [0.15, 0.2) is 11.6 Å². The zero-order valence-electron chi connectivity index (χ0n) is 8.39. The van der Waals surface area contributed by atoms with Crippen molar-refractivity contribution in [3.8, 4) is 0 Å². The van der Waals surface area contributed by atoms with Crippen molar-refractivity contribution in [1.82, 2.24) is 0 Å². The van der Waals surface area contributed by atoms with Crippen molar-refractivity contribution in [1.29, 1.82) is 0 Å². The lowest BCUT2D eigenvalue weighted by molar-refractivity contribution is -0.137. The van der Waals surface area contributed by atoms with Gasteiger partial charge >= 0.3 is 5.97 Å². The molecule has 0 saturated carbocycles. The fraction of sp³-hybridized carbons (Fsp3) is 0.700. The molecule has 0 saturated heterocycles. The van der Waals surface area contributed by atoms with Crippen LogP contribution < -0.4 is 0 Å². The van der Waals surface area contributed by atoms with E-state index in [0.717, 1.165) is 12.0 Å². The third kappa shape index (κ3) is 5.96. The SMILES string of the molecule is CCOC(=O)/C=C(\C)CC(C)C. The summed E-state index contributed by atoms with van der Waals surface area (Å²) in [5.41, 5.74) is 1.09. The first-order valence-electron chi connectivity index (χ1n) is 4.40. The second-order valence-electron chi connectivity index (χ2n) is 3.34. The molecule has 0 unspecified atom stereocenters. The Bertz CT molecular complexity index is 169. The number of hydrogen-bond donors (Lipinski definition) is 0. The highest BCUT2D eigenvalue weighted by Crippen LogP contribution is 2.09. The van der Waals surface area contributed by atoms with Gasteiger partial charge in [-0.1, -0.05) is 19.4 Å². The summed E-state index contributed by atoms with van der Waals surface area (Å²) in [6, 6.07) is 0. The number of carbonyl (C=O) groups is 1. The normalized spacial score (nSPS) is 11.9. The Hall–Kier alpha value is -0.790. The molecule has 0 aromatic heterocycles. The summed E-state index contributed by atoms with van der Waals surface area (Å²) in [5, 5.41) is 0. The van der Waals surface area contributed by atoms with Gasteiger partial charge in [0.15, 0.2) is 0 Å². The fourth-order valence-electron chi connectivity index (χ4n) is 1.09. The Labute approximate surface area is 74.6 Å². The van der Waals surface area contributed by atoms with Gasteiger partial charge < -0.3 is 4.74 Å². The molecule has 2 heteroatoms. The standard InChI is InChI=1S/C10H18O2/c1-5-12-10(11)7-9(4)6-8(2)3/h7-8H,5-6H2,1-4H3/b9-7+. The Balaban J connectivity index is 3.89. The molecular formula is C10H18O2. The van der Waals surface area contributed by atoms with E-state index in [-0.39, 0.29) is 5.97 Å². The summed E-state index contributed by atoms with van der Waals surface area (Å²) in [7, 11) is 0. The van der Waals surface area contributed by atoms with E-state index in [9.17, 15) is 4.79 Å². The molecule has 0 aromatic rings. The summed E-state index contributed by atoms with van der Waals surface area (Å²) in [6.07, 6.45) is 2.53. The second-order valence-corrected chi connectivity index (χ2v) is 3.34. The molecular weight excluding hydrogens is 152 g/mol. The fourth-order valence-corrected chi connectivity index (χ4v) is 1.09. The number of esters is 1. The van der Waals surface area contributed by atoms with Gasteiger partial charge in [-0.2, -0.15) is 0 Å². The van der Waals surface area contributed by atoms with Gasteiger partial charge in [0.05, 0.1) is 6.61 Å². The minimum Gasteiger partial charge on any atom is -0.463 e. The topological polar surface area (TPSA) is 26.3 Å². The first kappa shape index (κ1) is 11.2. The Kier molecular flexibility index (Phi) is 5.43. The molecule has 0 aliphatic heterocycles. The van der Waals surface area contributed by atoms with Gasteiger partial charge in [0.1, 0.15) is 0 Å². The number of rotatable bonds is 4. The first-order valence-corrected chi connectivity index (χ1v) is 4.40. The van der Waals surface area contributed by atoms with Crippen molar-refractivity contribution >= 4 is 5.97 Å². The first-order chi connectivity index (χ1) is 5.56. The predicted molar refractivity (Wildman–Crippen MR) is 49.8 cm³/mol. The molecule has 0 spiro atoms. The summed E-state index contributed by atoms with van der Waals surface area (Å²) >= 11 is 0.